The monoisotopic (exact) mass is 366 g/mol. The lowest BCUT2D eigenvalue weighted by atomic mass is 10.1. The van der Waals surface area contributed by atoms with Crippen LogP contribution in [0.3, 0.4) is 0 Å². The number of aromatic nitrogens is 3. The van der Waals surface area contributed by atoms with Gasteiger partial charge < -0.3 is 14.9 Å². The zero-order valence-corrected chi connectivity index (χ0v) is 15.5. The van der Waals surface area contributed by atoms with E-state index in [2.05, 4.69) is 15.0 Å². The van der Waals surface area contributed by atoms with Gasteiger partial charge in [0, 0.05) is 29.2 Å². The highest BCUT2D eigenvalue weighted by molar-refractivity contribution is 7.17. The second-order valence-electron chi connectivity index (χ2n) is 6.44. The summed E-state index contributed by atoms with van der Waals surface area (Å²) in [5, 5.41) is 2.88. The van der Waals surface area contributed by atoms with Crippen molar-refractivity contribution in [3.8, 4) is 0 Å². The Bertz CT molecular complexity index is 1200. The van der Waals surface area contributed by atoms with E-state index >= 15 is 0 Å². The minimum Gasteiger partial charge on any atom is -0.358 e. The molecule has 0 radical (unpaired) electrons. The van der Waals surface area contributed by atoms with Crippen molar-refractivity contribution in [3.05, 3.63) is 62.6 Å². The first-order valence-corrected chi connectivity index (χ1v) is 9.13. The number of nitrogens with zero attached hydrogens (tertiary/aromatic N) is 2. The van der Waals surface area contributed by atoms with E-state index < -0.39 is 0 Å². The molecule has 0 fully saturated rings. The minimum atomic E-state index is -0.166. The smallest absolute Gasteiger partial charge is 0.268 e. The van der Waals surface area contributed by atoms with Gasteiger partial charge in [-0.1, -0.05) is 0 Å². The fraction of sp³-hybridized carbons (Fsp3) is 0.211. The van der Waals surface area contributed by atoms with Crippen LogP contribution in [0.25, 0.3) is 21.1 Å². The van der Waals surface area contributed by atoms with Crippen LogP contribution in [0.4, 0.5) is 0 Å². The molecule has 0 unspecified atom stereocenters. The molecule has 1 amide bonds. The van der Waals surface area contributed by atoms with Crippen molar-refractivity contribution in [2.75, 3.05) is 7.05 Å². The summed E-state index contributed by atoms with van der Waals surface area (Å²) in [7, 11) is 1.71. The summed E-state index contributed by atoms with van der Waals surface area (Å²) in [6, 6.07) is 7.46. The van der Waals surface area contributed by atoms with E-state index in [0.29, 0.717) is 21.6 Å². The summed E-state index contributed by atoms with van der Waals surface area (Å²) in [6.07, 6.45) is 0. The largest absolute Gasteiger partial charge is 0.358 e. The number of carbonyl (C=O) groups is 1. The number of fused-ring (bicyclic) bond motifs is 2. The van der Waals surface area contributed by atoms with Crippen molar-refractivity contribution >= 4 is 38.4 Å². The van der Waals surface area contributed by atoms with Crippen molar-refractivity contribution in [1.29, 1.82) is 0 Å². The summed E-state index contributed by atoms with van der Waals surface area (Å²) in [4.78, 5) is 37.0. The highest BCUT2D eigenvalue weighted by Gasteiger charge is 2.16. The van der Waals surface area contributed by atoms with Gasteiger partial charge in [0.25, 0.3) is 11.5 Å². The number of amides is 1. The third kappa shape index (κ3) is 2.70. The van der Waals surface area contributed by atoms with Crippen molar-refractivity contribution in [2.24, 2.45) is 0 Å². The van der Waals surface area contributed by atoms with Crippen LogP contribution in [0.15, 0.2) is 34.4 Å². The quantitative estimate of drug-likeness (QED) is 0.583. The first-order chi connectivity index (χ1) is 12.4. The maximum Gasteiger partial charge on any atom is 0.268 e. The Hall–Kier alpha value is -2.93. The summed E-state index contributed by atoms with van der Waals surface area (Å²) in [5.41, 5.74) is 4.37. The number of hydrogen-bond acceptors (Lipinski definition) is 4. The minimum absolute atomic E-state index is 0.113. The van der Waals surface area contributed by atoms with Gasteiger partial charge in [0.05, 0.1) is 12.1 Å². The third-order valence-electron chi connectivity index (χ3n) is 4.65. The Kier molecular flexibility index (Phi) is 3.88. The molecule has 3 heterocycles. The molecule has 6 nitrogen and oxygen atoms in total. The first-order valence-electron chi connectivity index (χ1n) is 8.25. The van der Waals surface area contributed by atoms with E-state index in [1.807, 2.05) is 43.5 Å². The van der Waals surface area contributed by atoms with Gasteiger partial charge in [-0.15, -0.1) is 11.3 Å². The van der Waals surface area contributed by atoms with E-state index in [0.717, 1.165) is 22.2 Å². The van der Waals surface area contributed by atoms with Gasteiger partial charge >= 0.3 is 0 Å². The van der Waals surface area contributed by atoms with Gasteiger partial charge in [-0.05, 0) is 49.1 Å². The summed E-state index contributed by atoms with van der Waals surface area (Å²) < 4.78 is 0.603. The molecule has 4 rings (SSSR count). The number of nitrogens with one attached hydrogen (secondary N) is 2. The summed E-state index contributed by atoms with van der Waals surface area (Å²) in [6.45, 7) is 4.30. The molecule has 3 aromatic heterocycles. The Morgan fingerprint density at radius 1 is 1.23 bits per heavy atom. The summed E-state index contributed by atoms with van der Waals surface area (Å²) in [5.74, 6) is 0.365. The molecule has 0 saturated carbocycles. The molecule has 7 heteroatoms. The number of hydrogen-bond donors (Lipinski definition) is 2. The molecule has 0 saturated heterocycles. The lowest BCUT2D eigenvalue weighted by Crippen LogP contribution is -2.28. The predicted octanol–water partition coefficient (Wildman–Crippen LogP) is 3.35. The van der Waals surface area contributed by atoms with Crippen molar-refractivity contribution in [3.63, 3.8) is 0 Å². The number of aryl methyl sites for hydroxylation is 2. The Morgan fingerprint density at radius 3 is 2.85 bits per heavy atom. The average Bonchev–Trinajstić information content (AvgIpc) is 3.19. The number of aromatic amines is 2. The van der Waals surface area contributed by atoms with Gasteiger partial charge in [0.15, 0.2) is 0 Å². The van der Waals surface area contributed by atoms with Gasteiger partial charge in [-0.25, -0.2) is 4.98 Å². The molecule has 4 aromatic rings. The van der Waals surface area contributed by atoms with E-state index in [9.17, 15) is 9.59 Å². The number of rotatable bonds is 3. The summed E-state index contributed by atoms with van der Waals surface area (Å²) >= 11 is 1.36. The van der Waals surface area contributed by atoms with Crippen molar-refractivity contribution in [1.82, 2.24) is 19.9 Å². The second-order valence-corrected chi connectivity index (χ2v) is 7.36. The molecule has 0 aliphatic heterocycles. The molecule has 0 spiro atoms. The maximum absolute atomic E-state index is 12.8. The molecule has 1 aromatic carbocycles. The Labute approximate surface area is 153 Å². The van der Waals surface area contributed by atoms with Crippen molar-refractivity contribution < 1.29 is 4.79 Å². The normalized spacial score (nSPS) is 11.3. The van der Waals surface area contributed by atoms with E-state index in [1.165, 1.54) is 11.3 Å². The van der Waals surface area contributed by atoms with Gasteiger partial charge in [0.1, 0.15) is 10.5 Å². The molecule has 0 atom stereocenters. The van der Waals surface area contributed by atoms with Crippen LogP contribution in [-0.2, 0) is 6.54 Å². The zero-order valence-electron chi connectivity index (χ0n) is 14.7. The second kappa shape index (κ2) is 6.10. The molecule has 132 valence electrons. The van der Waals surface area contributed by atoms with Crippen LogP contribution in [0.2, 0.25) is 0 Å². The van der Waals surface area contributed by atoms with E-state index in [-0.39, 0.29) is 18.0 Å². The number of H-pyrrole nitrogens is 2. The first kappa shape index (κ1) is 16.5. The number of carbonyl (C=O) groups excluding carboxylic acids is 1. The van der Waals surface area contributed by atoms with Crippen LogP contribution in [0.5, 0.6) is 0 Å². The van der Waals surface area contributed by atoms with Crippen LogP contribution in [0.1, 0.15) is 27.4 Å². The van der Waals surface area contributed by atoms with Crippen LogP contribution < -0.4 is 5.56 Å². The fourth-order valence-electron chi connectivity index (χ4n) is 3.11. The van der Waals surface area contributed by atoms with E-state index in [1.54, 1.807) is 11.9 Å². The van der Waals surface area contributed by atoms with Gasteiger partial charge in [0.2, 0.25) is 0 Å². The SMILES string of the molecule is Cc1[nH]c2ccc(C(=O)N(C)Cc3nc4ccsc4c(=O)[nH]3)cc2c1C. The third-order valence-corrected chi connectivity index (χ3v) is 5.56. The lowest BCUT2D eigenvalue weighted by molar-refractivity contribution is 0.0781. The highest BCUT2D eigenvalue weighted by atomic mass is 32.1. The standard InChI is InChI=1S/C19H18N4O2S/c1-10-11(2)20-14-5-4-12(8-13(10)14)19(25)23(3)9-16-21-15-6-7-26-17(15)18(24)22-16/h4-8,20H,9H2,1-3H3,(H,21,22,24). The zero-order chi connectivity index (χ0) is 18.4. The molecule has 0 bridgehead atoms. The fourth-order valence-corrected chi connectivity index (χ4v) is 3.83. The topological polar surface area (TPSA) is 81.8 Å². The Morgan fingerprint density at radius 2 is 2.04 bits per heavy atom. The maximum atomic E-state index is 12.8. The number of benzene rings is 1. The average molecular weight is 366 g/mol. The van der Waals surface area contributed by atoms with Crippen LogP contribution in [-0.4, -0.2) is 32.8 Å². The molecular weight excluding hydrogens is 348 g/mol. The predicted molar refractivity (Wildman–Crippen MR) is 104 cm³/mol. The molecule has 0 aliphatic rings. The molecule has 26 heavy (non-hydrogen) atoms. The van der Waals surface area contributed by atoms with Crippen LogP contribution >= 0.6 is 11.3 Å². The van der Waals surface area contributed by atoms with Gasteiger partial charge in [-0.2, -0.15) is 0 Å². The van der Waals surface area contributed by atoms with E-state index in [4.69, 9.17) is 0 Å². The van der Waals surface area contributed by atoms with Gasteiger partial charge in [-0.3, -0.25) is 9.59 Å². The Balaban J connectivity index is 1.62. The highest BCUT2D eigenvalue weighted by Crippen LogP contribution is 2.23. The molecule has 0 aliphatic carbocycles. The number of thiophene rings is 1. The van der Waals surface area contributed by atoms with Crippen molar-refractivity contribution in [2.45, 2.75) is 20.4 Å². The lowest BCUT2D eigenvalue weighted by Gasteiger charge is -2.16. The molecular formula is C19H18N4O2S. The molecule has 2 N–H and O–H groups in total. The van der Waals surface area contributed by atoms with Crippen LogP contribution in [0, 0.1) is 13.8 Å².